The molecule has 2 aliphatic rings. The average Bonchev–Trinajstić information content (AvgIpc) is 2.95. The molecule has 0 unspecified atom stereocenters. The molecule has 26 heavy (non-hydrogen) atoms. The molecule has 6 nitrogen and oxygen atoms in total. The van der Waals surface area contributed by atoms with Gasteiger partial charge in [0.2, 0.25) is 0 Å². The minimum absolute atomic E-state index is 0.237. The summed E-state index contributed by atoms with van der Waals surface area (Å²) in [4.78, 5) is 27.7. The van der Waals surface area contributed by atoms with E-state index < -0.39 is 40.9 Å². The van der Waals surface area contributed by atoms with Gasteiger partial charge in [-0.3, -0.25) is 9.69 Å². The molecule has 1 N–H and O–H groups in total. The summed E-state index contributed by atoms with van der Waals surface area (Å²) >= 11 is 0. The number of hydrogen-bond donors (Lipinski definition) is 1. The van der Waals surface area contributed by atoms with E-state index >= 15 is 0 Å². The van der Waals surface area contributed by atoms with Crippen LogP contribution in [0.25, 0.3) is 0 Å². The Morgan fingerprint density at radius 2 is 1.85 bits per heavy atom. The number of aliphatic carboxylic acids is 1. The van der Waals surface area contributed by atoms with Crippen LogP contribution in [0, 0.1) is 0 Å². The number of carboxylic acids is 1. The molecule has 3 rings (SSSR count). The van der Waals surface area contributed by atoms with Crippen LogP contribution >= 0.6 is 0 Å². The predicted molar refractivity (Wildman–Crippen MR) is 84.5 cm³/mol. The number of amides is 1. The van der Waals surface area contributed by atoms with Gasteiger partial charge in [-0.05, 0) is 19.2 Å². The third-order valence-electron chi connectivity index (χ3n) is 5.00. The summed E-state index contributed by atoms with van der Waals surface area (Å²) in [5.41, 5.74) is -2.83. The first-order chi connectivity index (χ1) is 12.2. The third-order valence-corrected chi connectivity index (χ3v) is 5.00. The first-order valence-electron chi connectivity index (χ1n) is 8.21. The summed E-state index contributed by atoms with van der Waals surface area (Å²) in [7, 11) is 1.88. The molecular weight excluding hydrogens is 353 g/mol. The molecule has 0 radical (unpaired) electrons. The van der Waals surface area contributed by atoms with Crippen LogP contribution in [0.5, 0.6) is 0 Å². The molecule has 0 bridgehead atoms. The summed E-state index contributed by atoms with van der Waals surface area (Å²) in [6.45, 7) is 0.868. The van der Waals surface area contributed by atoms with Crippen LogP contribution in [-0.4, -0.2) is 65.3 Å². The first-order valence-corrected chi connectivity index (χ1v) is 8.21. The molecule has 1 aromatic rings. The fourth-order valence-corrected chi connectivity index (χ4v) is 3.57. The van der Waals surface area contributed by atoms with Gasteiger partial charge < -0.3 is 14.7 Å². The molecule has 2 saturated heterocycles. The Morgan fingerprint density at radius 3 is 2.42 bits per heavy atom. The van der Waals surface area contributed by atoms with E-state index in [1.165, 1.54) is 12.1 Å². The van der Waals surface area contributed by atoms with E-state index in [0.29, 0.717) is 25.9 Å². The number of nitrogens with zero attached hydrogens (tertiary/aromatic N) is 2. The van der Waals surface area contributed by atoms with Crippen LogP contribution in [0.3, 0.4) is 0 Å². The number of piperidine rings is 1. The number of likely N-dealkylation sites (tertiary alicyclic amines) is 1. The molecular formula is C17H19F3N2O4. The quantitative estimate of drug-likeness (QED) is 0.861. The second-order valence-electron chi connectivity index (χ2n) is 6.63. The molecule has 2 heterocycles. The van der Waals surface area contributed by atoms with Crippen molar-refractivity contribution < 1.29 is 32.6 Å². The molecule has 142 valence electrons. The van der Waals surface area contributed by atoms with Gasteiger partial charge in [-0.25, -0.2) is 4.79 Å². The normalized spacial score (nSPS) is 23.4. The summed E-state index contributed by atoms with van der Waals surface area (Å²) < 4.78 is 45.6. The molecule has 0 aliphatic carbocycles. The van der Waals surface area contributed by atoms with Gasteiger partial charge in [0.05, 0.1) is 17.7 Å². The molecule has 1 amide bonds. The van der Waals surface area contributed by atoms with Gasteiger partial charge in [0.15, 0.2) is 6.04 Å². The summed E-state index contributed by atoms with van der Waals surface area (Å²) in [5, 5.41) is 9.47. The molecule has 1 aromatic carbocycles. The van der Waals surface area contributed by atoms with Gasteiger partial charge in [0, 0.05) is 25.9 Å². The van der Waals surface area contributed by atoms with Gasteiger partial charge in [0.25, 0.3) is 5.91 Å². The predicted octanol–water partition coefficient (Wildman–Crippen LogP) is 2.05. The largest absolute Gasteiger partial charge is 0.480 e. The second-order valence-corrected chi connectivity index (χ2v) is 6.63. The number of carbonyl (C=O) groups is 2. The SMILES string of the molecule is CN1CCC2(CC1)OC[C@@H](C(=O)O)N2C(=O)c1ccccc1C(F)(F)F. The van der Waals surface area contributed by atoms with Crippen molar-refractivity contribution in [1.82, 2.24) is 9.80 Å². The monoisotopic (exact) mass is 372 g/mol. The smallest absolute Gasteiger partial charge is 0.417 e. The van der Waals surface area contributed by atoms with E-state index in [4.69, 9.17) is 4.74 Å². The van der Waals surface area contributed by atoms with Crippen molar-refractivity contribution in [1.29, 1.82) is 0 Å². The molecule has 1 spiro atoms. The first kappa shape index (κ1) is 18.7. The van der Waals surface area contributed by atoms with Gasteiger partial charge >= 0.3 is 12.1 Å². The standard InChI is InChI=1S/C17H19F3N2O4/c1-21-8-6-16(7-9-21)22(13(10-26-16)15(24)25)14(23)11-4-2-3-5-12(11)17(18,19)20/h2-5,13H,6-10H2,1H3,(H,24,25)/t13-/m0/s1. The Kier molecular flexibility index (Phi) is 4.70. The zero-order valence-corrected chi connectivity index (χ0v) is 14.1. The van der Waals surface area contributed by atoms with Crippen molar-refractivity contribution in [3.63, 3.8) is 0 Å². The van der Waals surface area contributed by atoms with Crippen LogP contribution in [0.4, 0.5) is 13.2 Å². The van der Waals surface area contributed by atoms with E-state index in [0.717, 1.165) is 17.0 Å². The zero-order valence-electron chi connectivity index (χ0n) is 14.1. The minimum atomic E-state index is -4.72. The summed E-state index contributed by atoms with van der Waals surface area (Å²) in [5.74, 6) is -2.26. The Labute approximate surface area is 148 Å². The van der Waals surface area contributed by atoms with Crippen molar-refractivity contribution in [2.24, 2.45) is 0 Å². The van der Waals surface area contributed by atoms with Crippen LogP contribution in [-0.2, 0) is 15.7 Å². The van der Waals surface area contributed by atoms with Crippen LogP contribution < -0.4 is 0 Å². The van der Waals surface area contributed by atoms with E-state index in [2.05, 4.69) is 0 Å². The maximum absolute atomic E-state index is 13.3. The van der Waals surface area contributed by atoms with Gasteiger partial charge in [-0.2, -0.15) is 13.2 Å². The van der Waals surface area contributed by atoms with Crippen molar-refractivity contribution in [3.05, 3.63) is 35.4 Å². The Morgan fingerprint density at radius 1 is 1.23 bits per heavy atom. The highest BCUT2D eigenvalue weighted by atomic mass is 19.4. The minimum Gasteiger partial charge on any atom is -0.480 e. The van der Waals surface area contributed by atoms with Crippen molar-refractivity contribution in [2.75, 3.05) is 26.7 Å². The lowest BCUT2D eigenvalue weighted by molar-refractivity contribution is -0.144. The lowest BCUT2D eigenvalue weighted by Gasteiger charge is -2.43. The van der Waals surface area contributed by atoms with E-state index in [1.54, 1.807) is 0 Å². The topological polar surface area (TPSA) is 70.1 Å². The lowest BCUT2D eigenvalue weighted by Crippen LogP contribution is -2.58. The Hall–Kier alpha value is -2.13. The number of alkyl halides is 3. The highest BCUT2D eigenvalue weighted by Crippen LogP contribution is 2.40. The number of carbonyl (C=O) groups excluding carboxylic acids is 1. The van der Waals surface area contributed by atoms with Gasteiger partial charge in [-0.15, -0.1) is 0 Å². The molecule has 2 fully saturated rings. The van der Waals surface area contributed by atoms with Crippen LogP contribution in [0.2, 0.25) is 0 Å². The summed E-state index contributed by atoms with van der Waals surface area (Å²) in [6, 6.07) is 3.11. The van der Waals surface area contributed by atoms with E-state index in [-0.39, 0.29) is 6.61 Å². The third kappa shape index (κ3) is 3.16. The number of rotatable bonds is 2. The van der Waals surface area contributed by atoms with Crippen molar-refractivity contribution in [2.45, 2.75) is 30.8 Å². The lowest BCUT2D eigenvalue weighted by atomic mass is 9.96. The van der Waals surface area contributed by atoms with E-state index in [1.807, 2.05) is 11.9 Å². The van der Waals surface area contributed by atoms with Gasteiger partial charge in [-0.1, -0.05) is 12.1 Å². The number of ether oxygens (including phenoxy) is 1. The van der Waals surface area contributed by atoms with Gasteiger partial charge in [0.1, 0.15) is 5.72 Å². The second kappa shape index (κ2) is 6.55. The number of halogens is 3. The average molecular weight is 372 g/mol. The maximum Gasteiger partial charge on any atom is 0.417 e. The zero-order chi connectivity index (χ0) is 19.1. The highest BCUT2D eigenvalue weighted by Gasteiger charge is 2.54. The van der Waals surface area contributed by atoms with Crippen molar-refractivity contribution >= 4 is 11.9 Å². The van der Waals surface area contributed by atoms with Crippen LogP contribution in [0.15, 0.2) is 24.3 Å². The fraction of sp³-hybridized carbons (Fsp3) is 0.529. The van der Waals surface area contributed by atoms with Crippen molar-refractivity contribution in [3.8, 4) is 0 Å². The summed E-state index contributed by atoms with van der Waals surface area (Å²) in [6.07, 6.45) is -4.04. The maximum atomic E-state index is 13.3. The molecule has 0 saturated carbocycles. The molecule has 2 aliphatic heterocycles. The number of hydrogen-bond acceptors (Lipinski definition) is 4. The molecule has 1 atom stereocenters. The van der Waals surface area contributed by atoms with E-state index in [9.17, 15) is 27.9 Å². The molecule has 0 aromatic heterocycles. The number of carboxylic acid groups (broad SMARTS) is 1. The fourth-order valence-electron chi connectivity index (χ4n) is 3.57. The Balaban J connectivity index is 2.03. The number of benzene rings is 1. The molecule has 9 heteroatoms. The van der Waals surface area contributed by atoms with Crippen LogP contribution in [0.1, 0.15) is 28.8 Å². The Bertz CT molecular complexity index is 714. The highest BCUT2D eigenvalue weighted by molar-refractivity contribution is 5.98.